The molecule has 0 unspecified atom stereocenters. The van der Waals surface area contributed by atoms with Gasteiger partial charge in [-0.05, 0) is 6.07 Å². The molecule has 0 atom stereocenters. The first-order valence-corrected chi connectivity index (χ1v) is 6.24. The van der Waals surface area contributed by atoms with E-state index in [4.69, 9.17) is 14.2 Å². The number of hydrogen-bond acceptors (Lipinski definition) is 4. The zero-order valence-corrected chi connectivity index (χ0v) is 15.7. The van der Waals surface area contributed by atoms with E-state index in [2.05, 4.69) is 12.6 Å². The minimum atomic E-state index is 0. The molecule has 2 aromatic rings. The van der Waals surface area contributed by atoms with Crippen molar-refractivity contribution < 1.29 is 33.7 Å². The maximum absolute atomic E-state index is 5.45. The molecule has 0 spiro atoms. The zero-order chi connectivity index (χ0) is 13.8. The molecule has 0 fully saturated rings. The Morgan fingerprint density at radius 1 is 0.850 bits per heavy atom. The van der Waals surface area contributed by atoms with E-state index in [0.717, 1.165) is 16.0 Å². The van der Waals surface area contributed by atoms with Crippen LogP contribution in [0.15, 0.2) is 41.3 Å². The summed E-state index contributed by atoms with van der Waals surface area (Å²) in [6.45, 7) is 0. The van der Waals surface area contributed by atoms with Crippen molar-refractivity contribution in [2.75, 3.05) is 21.3 Å². The molecule has 0 aliphatic heterocycles. The van der Waals surface area contributed by atoms with Gasteiger partial charge in [-0.25, -0.2) is 0 Å². The molecule has 0 saturated carbocycles. The Bertz CT molecular complexity index is 562. The summed E-state index contributed by atoms with van der Waals surface area (Å²) in [5.41, 5.74) is 1.83. The fourth-order valence-electron chi connectivity index (χ4n) is 1.96. The second kappa shape index (κ2) is 7.56. The Labute approximate surface area is 137 Å². The maximum atomic E-state index is 5.45. The quantitative estimate of drug-likeness (QED) is 0.679. The molecule has 0 aromatic heterocycles. The van der Waals surface area contributed by atoms with E-state index in [1.54, 1.807) is 21.3 Å². The SMILES string of the molecule is COc1cc(OC)c(-c2ccccc2S)c(OC)c1.[Zn]. The molecule has 2 aromatic carbocycles. The van der Waals surface area contributed by atoms with Crippen LogP contribution in [0.4, 0.5) is 0 Å². The van der Waals surface area contributed by atoms with Gasteiger partial charge in [0.1, 0.15) is 17.2 Å². The maximum Gasteiger partial charge on any atom is 0.134 e. The molecule has 0 aliphatic rings. The van der Waals surface area contributed by atoms with Crippen molar-refractivity contribution in [3.8, 4) is 28.4 Å². The Morgan fingerprint density at radius 2 is 1.40 bits per heavy atom. The van der Waals surface area contributed by atoms with Crippen LogP contribution < -0.4 is 14.2 Å². The van der Waals surface area contributed by atoms with Crippen molar-refractivity contribution in [3.05, 3.63) is 36.4 Å². The summed E-state index contributed by atoms with van der Waals surface area (Å²) in [7, 11) is 4.86. The Kier molecular flexibility index (Phi) is 6.37. The second-order valence-corrected chi connectivity index (χ2v) is 4.41. The van der Waals surface area contributed by atoms with Crippen LogP contribution in [-0.4, -0.2) is 21.3 Å². The number of rotatable bonds is 4. The van der Waals surface area contributed by atoms with Gasteiger partial charge in [0, 0.05) is 42.1 Å². The third-order valence-corrected chi connectivity index (χ3v) is 3.28. The summed E-state index contributed by atoms with van der Waals surface area (Å²) in [6.07, 6.45) is 0. The fourth-order valence-corrected chi connectivity index (χ4v) is 2.23. The van der Waals surface area contributed by atoms with E-state index < -0.39 is 0 Å². The van der Waals surface area contributed by atoms with Crippen LogP contribution in [0.3, 0.4) is 0 Å². The van der Waals surface area contributed by atoms with Crippen molar-refractivity contribution in [2.45, 2.75) is 4.90 Å². The average Bonchev–Trinajstić information content (AvgIpc) is 2.46. The predicted molar refractivity (Wildman–Crippen MR) is 78.8 cm³/mol. The van der Waals surface area contributed by atoms with Gasteiger partial charge in [-0.1, -0.05) is 18.2 Å². The molecule has 5 heteroatoms. The molecule has 20 heavy (non-hydrogen) atoms. The standard InChI is InChI=1S/C15H16O3S.Zn/c1-16-10-8-12(17-2)15(13(9-10)18-3)11-6-4-5-7-14(11)19;/h4-9,19H,1-3H3;. The number of thiol groups is 1. The normalized spacial score (nSPS) is 9.60. The average molecular weight is 342 g/mol. The molecule has 102 valence electrons. The molecular weight excluding hydrogens is 326 g/mol. The zero-order valence-electron chi connectivity index (χ0n) is 11.8. The minimum Gasteiger partial charge on any atom is -0.496 e. The molecule has 0 bridgehead atoms. The van der Waals surface area contributed by atoms with Gasteiger partial charge in [-0.15, -0.1) is 12.6 Å². The van der Waals surface area contributed by atoms with E-state index in [1.807, 2.05) is 36.4 Å². The monoisotopic (exact) mass is 340 g/mol. The van der Waals surface area contributed by atoms with Crippen LogP contribution in [-0.2, 0) is 19.5 Å². The van der Waals surface area contributed by atoms with Crippen molar-refractivity contribution in [2.24, 2.45) is 0 Å². The van der Waals surface area contributed by atoms with Crippen LogP contribution in [0.25, 0.3) is 11.1 Å². The summed E-state index contributed by atoms with van der Waals surface area (Å²) < 4.78 is 16.1. The summed E-state index contributed by atoms with van der Waals surface area (Å²) in [6, 6.07) is 11.5. The second-order valence-electron chi connectivity index (χ2n) is 3.92. The number of ether oxygens (including phenoxy) is 3. The van der Waals surface area contributed by atoms with Gasteiger partial charge in [0.25, 0.3) is 0 Å². The van der Waals surface area contributed by atoms with Crippen LogP contribution in [0, 0.1) is 0 Å². The summed E-state index contributed by atoms with van der Waals surface area (Å²) in [5, 5.41) is 0. The van der Waals surface area contributed by atoms with Crippen molar-refractivity contribution in [3.63, 3.8) is 0 Å². The molecule has 0 heterocycles. The van der Waals surface area contributed by atoms with E-state index in [0.29, 0.717) is 17.2 Å². The molecule has 0 amide bonds. The third-order valence-electron chi connectivity index (χ3n) is 2.89. The Hall–Kier alpha value is -1.19. The number of hydrogen-bond donors (Lipinski definition) is 1. The van der Waals surface area contributed by atoms with Gasteiger partial charge in [-0.2, -0.15) is 0 Å². The third kappa shape index (κ3) is 3.28. The van der Waals surface area contributed by atoms with Crippen molar-refractivity contribution >= 4 is 12.6 Å². The summed E-state index contributed by atoms with van der Waals surface area (Å²) in [5.74, 6) is 2.07. The first-order chi connectivity index (χ1) is 9.21. The van der Waals surface area contributed by atoms with E-state index in [9.17, 15) is 0 Å². The van der Waals surface area contributed by atoms with Crippen LogP contribution in [0.5, 0.6) is 17.2 Å². The predicted octanol–water partition coefficient (Wildman–Crippen LogP) is 3.67. The van der Waals surface area contributed by atoms with E-state index >= 15 is 0 Å². The summed E-state index contributed by atoms with van der Waals surface area (Å²) in [4.78, 5) is 0.865. The van der Waals surface area contributed by atoms with Crippen molar-refractivity contribution in [1.29, 1.82) is 0 Å². The molecule has 0 aliphatic carbocycles. The van der Waals surface area contributed by atoms with Gasteiger partial charge in [-0.3, -0.25) is 0 Å². The van der Waals surface area contributed by atoms with Crippen LogP contribution in [0.1, 0.15) is 0 Å². The summed E-state index contributed by atoms with van der Waals surface area (Å²) >= 11 is 4.49. The smallest absolute Gasteiger partial charge is 0.134 e. The van der Waals surface area contributed by atoms with Gasteiger partial charge in [0.2, 0.25) is 0 Å². The van der Waals surface area contributed by atoms with Gasteiger partial charge >= 0.3 is 0 Å². The van der Waals surface area contributed by atoms with E-state index in [1.165, 1.54) is 0 Å². The van der Waals surface area contributed by atoms with E-state index in [-0.39, 0.29) is 19.5 Å². The largest absolute Gasteiger partial charge is 0.496 e. The minimum absolute atomic E-state index is 0. The number of benzene rings is 2. The molecule has 0 N–H and O–H groups in total. The Morgan fingerprint density at radius 3 is 1.85 bits per heavy atom. The number of methoxy groups -OCH3 is 3. The van der Waals surface area contributed by atoms with Crippen LogP contribution in [0.2, 0.25) is 0 Å². The first kappa shape index (κ1) is 16.9. The Balaban J connectivity index is 0.00000200. The molecule has 0 saturated heterocycles. The topological polar surface area (TPSA) is 27.7 Å². The first-order valence-electron chi connectivity index (χ1n) is 5.79. The van der Waals surface area contributed by atoms with Gasteiger partial charge < -0.3 is 14.2 Å². The van der Waals surface area contributed by atoms with Gasteiger partial charge in [0.05, 0.1) is 26.9 Å². The molecule has 0 radical (unpaired) electrons. The molecule has 2 rings (SSSR count). The fraction of sp³-hybridized carbons (Fsp3) is 0.200. The van der Waals surface area contributed by atoms with Gasteiger partial charge in [0.15, 0.2) is 0 Å². The molecular formula is C15H16O3SZn. The van der Waals surface area contributed by atoms with Crippen LogP contribution >= 0.6 is 12.6 Å². The van der Waals surface area contributed by atoms with Crippen molar-refractivity contribution in [1.82, 2.24) is 0 Å². The molecule has 3 nitrogen and oxygen atoms in total.